The SMILES string of the molecule is Oc1ccc2c(c1)CCC(N1CCNCC1)C2. The number of benzene rings is 1. The van der Waals surface area contributed by atoms with E-state index < -0.39 is 0 Å². The van der Waals surface area contributed by atoms with Gasteiger partial charge >= 0.3 is 0 Å². The van der Waals surface area contributed by atoms with E-state index in [0.29, 0.717) is 11.8 Å². The van der Waals surface area contributed by atoms with Crippen molar-refractivity contribution in [2.75, 3.05) is 26.2 Å². The van der Waals surface area contributed by atoms with Crippen LogP contribution in [-0.2, 0) is 12.8 Å². The quantitative estimate of drug-likeness (QED) is 0.762. The molecule has 17 heavy (non-hydrogen) atoms. The monoisotopic (exact) mass is 232 g/mol. The van der Waals surface area contributed by atoms with E-state index in [1.54, 1.807) is 0 Å². The number of rotatable bonds is 1. The molecule has 1 fully saturated rings. The first-order valence-corrected chi connectivity index (χ1v) is 6.58. The molecule has 2 aliphatic rings. The Bertz CT molecular complexity index is 399. The summed E-state index contributed by atoms with van der Waals surface area (Å²) in [6.07, 6.45) is 3.49. The van der Waals surface area contributed by atoms with E-state index in [1.165, 1.54) is 30.6 Å². The molecule has 0 aromatic heterocycles. The summed E-state index contributed by atoms with van der Waals surface area (Å²) in [5.74, 6) is 0.407. The summed E-state index contributed by atoms with van der Waals surface area (Å²) in [5.41, 5.74) is 2.77. The molecule has 1 saturated heterocycles. The fraction of sp³-hybridized carbons (Fsp3) is 0.571. The maximum absolute atomic E-state index is 9.48. The van der Waals surface area contributed by atoms with Crippen LogP contribution in [0.4, 0.5) is 0 Å². The zero-order valence-corrected chi connectivity index (χ0v) is 10.2. The van der Waals surface area contributed by atoms with E-state index in [0.717, 1.165) is 25.9 Å². The van der Waals surface area contributed by atoms with Crippen LogP contribution >= 0.6 is 0 Å². The Morgan fingerprint density at radius 2 is 2.00 bits per heavy atom. The molecular formula is C14H20N2O. The summed E-state index contributed by atoms with van der Waals surface area (Å²) in [7, 11) is 0. The van der Waals surface area contributed by atoms with Gasteiger partial charge < -0.3 is 10.4 Å². The molecular weight excluding hydrogens is 212 g/mol. The number of hydrogen-bond donors (Lipinski definition) is 2. The molecule has 3 nitrogen and oxygen atoms in total. The van der Waals surface area contributed by atoms with Crippen molar-refractivity contribution >= 4 is 0 Å². The molecule has 0 amide bonds. The lowest BCUT2D eigenvalue weighted by Gasteiger charge is -2.37. The molecule has 3 rings (SSSR count). The number of nitrogens with one attached hydrogen (secondary N) is 1. The third kappa shape index (κ3) is 2.31. The lowest BCUT2D eigenvalue weighted by atomic mass is 9.87. The van der Waals surface area contributed by atoms with Crippen molar-refractivity contribution in [3.05, 3.63) is 29.3 Å². The van der Waals surface area contributed by atoms with Gasteiger partial charge in [-0.3, -0.25) is 4.90 Å². The van der Waals surface area contributed by atoms with E-state index >= 15 is 0 Å². The number of nitrogens with zero attached hydrogens (tertiary/aromatic N) is 1. The van der Waals surface area contributed by atoms with Crippen LogP contribution in [0, 0.1) is 0 Å². The molecule has 1 heterocycles. The highest BCUT2D eigenvalue weighted by molar-refractivity contribution is 5.37. The second-order valence-electron chi connectivity index (χ2n) is 5.14. The van der Waals surface area contributed by atoms with Crippen molar-refractivity contribution in [1.29, 1.82) is 0 Å². The zero-order chi connectivity index (χ0) is 11.7. The highest BCUT2D eigenvalue weighted by Crippen LogP contribution is 2.27. The van der Waals surface area contributed by atoms with Crippen LogP contribution in [0.5, 0.6) is 5.75 Å². The molecule has 3 heteroatoms. The predicted octanol–water partition coefficient (Wildman–Crippen LogP) is 1.15. The molecule has 2 N–H and O–H groups in total. The van der Waals surface area contributed by atoms with Crippen molar-refractivity contribution in [1.82, 2.24) is 10.2 Å². The van der Waals surface area contributed by atoms with E-state index in [1.807, 2.05) is 12.1 Å². The lowest BCUT2D eigenvalue weighted by Crippen LogP contribution is -2.50. The molecule has 92 valence electrons. The Morgan fingerprint density at radius 1 is 1.18 bits per heavy atom. The van der Waals surface area contributed by atoms with Crippen LogP contribution in [0.2, 0.25) is 0 Å². The van der Waals surface area contributed by atoms with E-state index in [9.17, 15) is 5.11 Å². The average molecular weight is 232 g/mol. The van der Waals surface area contributed by atoms with Crippen LogP contribution < -0.4 is 5.32 Å². The predicted molar refractivity (Wildman–Crippen MR) is 68.4 cm³/mol. The number of phenolic OH excluding ortho intramolecular Hbond substituents is 1. The molecule has 0 saturated carbocycles. The normalized spacial score (nSPS) is 25.5. The Hall–Kier alpha value is -1.06. The summed E-state index contributed by atoms with van der Waals surface area (Å²) < 4.78 is 0. The maximum atomic E-state index is 9.48. The zero-order valence-electron chi connectivity index (χ0n) is 10.2. The minimum Gasteiger partial charge on any atom is -0.508 e. The molecule has 1 aliphatic carbocycles. The van der Waals surface area contributed by atoms with E-state index in [-0.39, 0.29) is 0 Å². The van der Waals surface area contributed by atoms with Gasteiger partial charge in [0.15, 0.2) is 0 Å². The second-order valence-corrected chi connectivity index (χ2v) is 5.14. The fourth-order valence-corrected chi connectivity index (χ4v) is 3.08. The molecule has 0 bridgehead atoms. The van der Waals surface area contributed by atoms with Gasteiger partial charge in [0.2, 0.25) is 0 Å². The Kier molecular flexibility index (Phi) is 3.04. The van der Waals surface area contributed by atoms with Crippen LogP contribution in [0.25, 0.3) is 0 Å². The van der Waals surface area contributed by atoms with Crippen LogP contribution in [0.1, 0.15) is 17.5 Å². The number of aromatic hydroxyl groups is 1. The van der Waals surface area contributed by atoms with Gasteiger partial charge in [0.1, 0.15) is 5.75 Å². The van der Waals surface area contributed by atoms with Gasteiger partial charge in [-0.2, -0.15) is 0 Å². The van der Waals surface area contributed by atoms with Crippen molar-refractivity contribution in [3.63, 3.8) is 0 Å². The topological polar surface area (TPSA) is 35.5 Å². The molecule has 0 spiro atoms. The first kappa shape index (κ1) is 11.1. The summed E-state index contributed by atoms with van der Waals surface area (Å²) in [5, 5.41) is 12.9. The third-order valence-corrected chi connectivity index (χ3v) is 4.06. The summed E-state index contributed by atoms with van der Waals surface area (Å²) in [6.45, 7) is 4.61. The van der Waals surface area contributed by atoms with Crippen LogP contribution in [0.15, 0.2) is 18.2 Å². The standard InChI is InChI=1S/C14H20N2O/c17-14-4-2-11-9-13(3-1-12(11)10-14)16-7-5-15-6-8-16/h2,4,10,13,15,17H,1,3,5-9H2. The van der Waals surface area contributed by atoms with E-state index in [4.69, 9.17) is 0 Å². The highest BCUT2D eigenvalue weighted by atomic mass is 16.3. The van der Waals surface area contributed by atoms with Gasteiger partial charge in [0, 0.05) is 32.2 Å². The van der Waals surface area contributed by atoms with Crippen LogP contribution in [0.3, 0.4) is 0 Å². The van der Waals surface area contributed by atoms with Gasteiger partial charge in [-0.05, 0) is 42.5 Å². The summed E-state index contributed by atoms with van der Waals surface area (Å²) >= 11 is 0. The number of phenols is 1. The second kappa shape index (κ2) is 4.67. The minimum atomic E-state index is 0.407. The molecule has 1 unspecified atom stereocenters. The number of fused-ring (bicyclic) bond motifs is 1. The van der Waals surface area contributed by atoms with Gasteiger partial charge in [0.05, 0.1) is 0 Å². The number of piperazine rings is 1. The lowest BCUT2D eigenvalue weighted by molar-refractivity contribution is 0.159. The highest BCUT2D eigenvalue weighted by Gasteiger charge is 2.25. The third-order valence-electron chi connectivity index (χ3n) is 4.06. The maximum Gasteiger partial charge on any atom is 0.115 e. The van der Waals surface area contributed by atoms with Gasteiger partial charge in [-0.25, -0.2) is 0 Å². The molecule has 0 radical (unpaired) electrons. The van der Waals surface area contributed by atoms with Gasteiger partial charge in [-0.15, -0.1) is 0 Å². The fourth-order valence-electron chi connectivity index (χ4n) is 3.08. The average Bonchev–Trinajstić information content (AvgIpc) is 2.39. The first-order valence-electron chi connectivity index (χ1n) is 6.58. The summed E-state index contributed by atoms with van der Waals surface area (Å²) in [4.78, 5) is 2.62. The first-order chi connectivity index (χ1) is 8.33. The largest absolute Gasteiger partial charge is 0.508 e. The van der Waals surface area contributed by atoms with Crippen molar-refractivity contribution < 1.29 is 5.11 Å². The van der Waals surface area contributed by atoms with E-state index in [2.05, 4.69) is 16.3 Å². The van der Waals surface area contributed by atoms with Crippen molar-refractivity contribution in [2.24, 2.45) is 0 Å². The Labute approximate surface area is 102 Å². The molecule has 1 aromatic rings. The molecule has 1 atom stereocenters. The van der Waals surface area contributed by atoms with Crippen molar-refractivity contribution in [3.8, 4) is 5.75 Å². The minimum absolute atomic E-state index is 0.407. The van der Waals surface area contributed by atoms with Gasteiger partial charge in [0.25, 0.3) is 0 Å². The Balaban J connectivity index is 1.73. The smallest absolute Gasteiger partial charge is 0.115 e. The number of hydrogen-bond acceptors (Lipinski definition) is 3. The number of aryl methyl sites for hydroxylation is 1. The molecule has 1 aromatic carbocycles. The van der Waals surface area contributed by atoms with Crippen LogP contribution in [-0.4, -0.2) is 42.2 Å². The van der Waals surface area contributed by atoms with Crippen molar-refractivity contribution in [2.45, 2.75) is 25.3 Å². The summed E-state index contributed by atoms with van der Waals surface area (Å²) in [6, 6.07) is 6.55. The molecule has 1 aliphatic heterocycles. The van der Waals surface area contributed by atoms with Gasteiger partial charge in [-0.1, -0.05) is 6.07 Å². The Morgan fingerprint density at radius 3 is 2.82 bits per heavy atom.